The summed E-state index contributed by atoms with van der Waals surface area (Å²) >= 11 is 0. The van der Waals surface area contributed by atoms with Gasteiger partial charge in [-0.1, -0.05) is 161 Å². The zero-order valence-electron chi connectivity index (χ0n) is 28.3. The first kappa shape index (κ1) is 30.8. The molecule has 0 bridgehead atoms. The Morgan fingerprint density at radius 3 is 1.51 bits per heavy atom. The van der Waals surface area contributed by atoms with Crippen molar-refractivity contribution in [2.75, 3.05) is 0 Å². The molecule has 0 fully saturated rings. The molecule has 0 aliphatic heterocycles. The number of benzene rings is 6. The van der Waals surface area contributed by atoms with E-state index in [2.05, 4.69) is 173 Å². The van der Waals surface area contributed by atoms with Crippen molar-refractivity contribution in [3.8, 4) is 0 Å². The number of fused-ring (bicyclic) bond motifs is 5. The quantitative estimate of drug-likeness (QED) is 0.137. The van der Waals surface area contributed by atoms with E-state index >= 15 is 0 Å². The first-order chi connectivity index (χ1) is 20.0. The normalized spacial score (nSPS) is 12.7. The summed E-state index contributed by atoms with van der Waals surface area (Å²) in [6.07, 6.45) is 0. The van der Waals surface area contributed by atoms with Gasteiger partial charge in [-0.05, 0) is 99.6 Å². The third-order valence-electron chi connectivity index (χ3n) is 8.85. The maximum atomic E-state index is 2.42. The van der Waals surface area contributed by atoms with E-state index in [1.807, 2.05) is 0 Å². The van der Waals surface area contributed by atoms with Gasteiger partial charge < -0.3 is 0 Å². The van der Waals surface area contributed by atoms with Crippen molar-refractivity contribution in [1.29, 1.82) is 0 Å². The molecule has 0 nitrogen and oxygen atoms in total. The highest BCUT2D eigenvalue weighted by molar-refractivity contribution is 6.09. The summed E-state index contributed by atoms with van der Waals surface area (Å²) in [5, 5.41) is 10.9. The Balaban J connectivity index is 0.000000171. The fourth-order valence-electron chi connectivity index (χ4n) is 6.17. The van der Waals surface area contributed by atoms with Crippen molar-refractivity contribution in [3.05, 3.63) is 119 Å². The van der Waals surface area contributed by atoms with Crippen LogP contribution in [0.2, 0.25) is 0 Å². The molecule has 0 atom stereocenters. The topological polar surface area (TPSA) is 0 Å². The fourth-order valence-corrected chi connectivity index (χ4v) is 6.17. The van der Waals surface area contributed by atoms with Crippen molar-refractivity contribution in [2.45, 2.75) is 98.3 Å². The van der Waals surface area contributed by atoms with Crippen molar-refractivity contribution in [3.63, 3.8) is 0 Å². The maximum absolute atomic E-state index is 2.42. The second-order valence-corrected chi connectivity index (χ2v) is 15.8. The van der Waals surface area contributed by atoms with Gasteiger partial charge in [-0.3, -0.25) is 0 Å². The highest BCUT2D eigenvalue weighted by atomic mass is 14.3. The molecule has 6 aromatic rings. The van der Waals surface area contributed by atoms with Crippen molar-refractivity contribution < 1.29 is 0 Å². The van der Waals surface area contributed by atoms with Gasteiger partial charge in [0.15, 0.2) is 0 Å². The molecule has 0 saturated heterocycles. The molecule has 0 spiro atoms. The third kappa shape index (κ3) is 6.35. The molecule has 0 aliphatic rings. The van der Waals surface area contributed by atoms with Crippen LogP contribution in [0.4, 0.5) is 0 Å². The molecule has 6 aromatic carbocycles. The minimum absolute atomic E-state index is 0.141. The summed E-state index contributed by atoms with van der Waals surface area (Å²) in [7, 11) is 0. The van der Waals surface area contributed by atoms with E-state index in [0.29, 0.717) is 5.92 Å². The zero-order valence-corrected chi connectivity index (χ0v) is 28.3. The first-order valence-electron chi connectivity index (χ1n) is 16.0. The second-order valence-electron chi connectivity index (χ2n) is 15.8. The van der Waals surface area contributed by atoms with Crippen LogP contribution in [0.25, 0.3) is 43.1 Å². The van der Waals surface area contributed by atoms with E-state index in [4.69, 9.17) is 0 Å². The van der Waals surface area contributed by atoms with Gasteiger partial charge in [-0.15, -0.1) is 0 Å². The highest BCUT2D eigenvalue weighted by Crippen LogP contribution is 2.38. The van der Waals surface area contributed by atoms with Gasteiger partial charge >= 0.3 is 0 Å². The zero-order chi connectivity index (χ0) is 31.3. The van der Waals surface area contributed by atoms with E-state index in [9.17, 15) is 0 Å². The van der Waals surface area contributed by atoms with Gasteiger partial charge in [0.25, 0.3) is 0 Å². The van der Waals surface area contributed by atoms with E-state index in [1.165, 1.54) is 65.3 Å². The molecule has 222 valence electrons. The summed E-state index contributed by atoms with van der Waals surface area (Å²) in [5.41, 5.74) is 6.25. The monoisotopic (exact) mass is 566 g/mol. The summed E-state index contributed by atoms with van der Waals surface area (Å²) in [5.74, 6) is 0.528. The SMILES string of the molecule is CC(C)(C)c1cc(C(C)(C)C)c2cc3ccccc3cc2c1.CC(C)c1cc(C(C)(C)C)cc2ccc3ccccc3c12. The van der Waals surface area contributed by atoms with Gasteiger partial charge in [0.2, 0.25) is 0 Å². The van der Waals surface area contributed by atoms with Crippen LogP contribution in [0.15, 0.2) is 97.1 Å². The molecule has 0 heteroatoms. The lowest BCUT2D eigenvalue weighted by Crippen LogP contribution is -2.16. The number of rotatable bonds is 1. The summed E-state index contributed by atoms with van der Waals surface area (Å²) in [6, 6.07) is 36.2. The molecule has 0 aromatic heterocycles. The summed E-state index contributed by atoms with van der Waals surface area (Å²) in [6.45, 7) is 25.3. The lowest BCUT2D eigenvalue weighted by atomic mass is 9.78. The average Bonchev–Trinajstić information content (AvgIpc) is 2.93. The molecule has 0 amide bonds. The average molecular weight is 567 g/mol. The van der Waals surface area contributed by atoms with Crippen LogP contribution in [0, 0.1) is 0 Å². The molecule has 0 unspecified atom stereocenters. The van der Waals surface area contributed by atoms with Crippen LogP contribution >= 0.6 is 0 Å². The van der Waals surface area contributed by atoms with Gasteiger partial charge in [0.1, 0.15) is 0 Å². The standard InChI is InChI=1S/C22H26.C21H24/c1-21(2,3)18-12-17-11-15-9-7-8-10-16(15)13-19(17)20(14-18)22(4,5)6;1-14(2)19-13-17(21(3,4)5)12-16-11-10-15-8-6-7-9-18(15)20(16)19/h7-14H,1-6H3;6-14H,1-5H3. The van der Waals surface area contributed by atoms with E-state index < -0.39 is 0 Å². The van der Waals surface area contributed by atoms with Crippen LogP contribution in [0.1, 0.15) is 104 Å². The Labute approximate surface area is 260 Å². The largest absolute Gasteiger partial charge is 0.0616 e. The van der Waals surface area contributed by atoms with E-state index in [0.717, 1.165) is 0 Å². The molecule has 6 rings (SSSR count). The van der Waals surface area contributed by atoms with Crippen molar-refractivity contribution >= 4 is 43.1 Å². The van der Waals surface area contributed by atoms with E-state index in [-0.39, 0.29) is 16.2 Å². The predicted molar refractivity (Wildman–Crippen MR) is 193 cm³/mol. The second kappa shape index (κ2) is 11.1. The molecule has 0 saturated carbocycles. The Morgan fingerprint density at radius 1 is 0.419 bits per heavy atom. The molecular formula is C43H50. The highest BCUT2D eigenvalue weighted by Gasteiger charge is 2.22. The minimum Gasteiger partial charge on any atom is -0.0616 e. The van der Waals surface area contributed by atoms with Crippen LogP contribution in [0.5, 0.6) is 0 Å². The van der Waals surface area contributed by atoms with Crippen LogP contribution in [-0.4, -0.2) is 0 Å². The van der Waals surface area contributed by atoms with Gasteiger partial charge in [-0.2, -0.15) is 0 Å². The van der Waals surface area contributed by atoms with Gasteiger partial charge in [0, 0.05) is 0 Å². The van der Waals surface area contributed by atoms with Crippen LogP contribution in [0.3, 0.4) is 0 Å². The Bertz CT molecular complexity index is 1930. The van der Waals surface area contributed by atoms with Crippen LogP contribution < -0.4 is 0 Å². The van der Waals surface area contributed by atoms with E-state index in [1.54, 1.807) is 0 Å². The molecule has 0 heterocycles. The first-order valence-corrected chi connectivity index (χ1v) is 16.0. The smallest absolute Gasteiger partial charge is 0.00705 e. The van der Waals surface area contributed by atoms with Crippen molar-refractivity contribution in [2.24, 2.45) is 0 Å². The molecule has 0 aliphatic carbocycles. The third-order valence-corrected chi connectivity index (χ3v) is 8.85. The maximum Gasteiger partial charge on any atom is -0.00705 e. The molecule has 43 heavy (non-hydrogen) atoms. The Hall–Kier alpha value is -3.64. The van der Waals surface area contributed by atoms with Gasteiger partial charge in [0.05, 0.1) is 0 Å². The lowest BCUT2D eigenvalue weighted by Gasteiger charge is -2.27. The molecule has 0 radical (unpaired) electrons. The van der Waals surface area contributed by atoms with Crippen LogP contribution in [-0.2, 0) is 16.2 Å². The predicted octanol–water partition coefficient (Wildman–Crippen LogP) is 13.0. The summed E-state index contributed by atoms with van der Waals surface area (Å²) in [4.78, 5) is 0. The van der Waals surface area contributed by atoms with Gasteiger partial charge in [-0.25, -0.2) is 0 Å². The Morgan fingerprint density at radius 2 is 0.930 bits per heavy atom. The summed E-state index contributed by atoms with van der Waals surface area (Å²) < 4.78 is 0. The Kier molecular flexibility index (Phi) is 7.97. The lowest BCUT2D eigenvalue weighted by molar-refractivity contribution is 0.573. The molecular weight excluding hydrogens is 516 g/mol. The fraction of sp³-hybridized carbons (Fsp3) is 0.349. The number of hydrogen-bond donors (Lipinski definition) is 0. The number of hydrogen-bond acceptors (Lipinski definition) is 0. The molecule has 0 N–H and O–H groups in total. The minimum atomic E-state index is 0.141. The van der Waals surface area contributed by atoms with Crippen molar-refractivity contribution in [1.82, 2.24) is 0 Å².